The number of carbonyl (C=O) groups is 1. The van der Waals surface area contributed by atoms with E-state index in [-0.39, 0.29) is 17.0 Å². The van der Waals surface area contributed by atoms with Crippen LogP contribution in [0, 0.1) is 0 Å². The van der Waals surface area contributed by atoms with Crippen molar-refractivity contribution in [2.75, 3.05) is 18.6 Å². The molecule has 1 N–H and O–H groups in total. The Labute approximate surface area is 146 Å². The van der Waals surface area contributed by atoms with Gasteiger partial charge in [-0.2, -0.15) is 11.8 Å². The number of thioether (sulfide) groups is 1. The van der Waals surface area contributed by atoms with Crippen molar-refractivity contribution in [3.63, 3.8) is 0 Å². The first-order valence-corrected chi connectivity index (χ1v) is 12.5. The maximum absolute atomic E-state index is 12.4. The van der Waals surface area contributed by atoms with E-state index in [9.17, 15) is 4.79 Å². The Morgan fingerprint density at radius 1 is 1.26 bits per heavy atom. The average Bonchev–Trinajstić information content (AvgIpc) is 2.49. The third kappa shape index (κ3) is 6.69. The summed E-state index contributed by atoms with van der Waals surface area (Å²) in [4.78, 5) is 12.4. The normalized spacial score (nSPS) is 13.7. The van der Waals surface area contributed by atoms with Gasteiger partial charge >= 0.3 is 0 Å². The minimum Gasteiger partial charge on any atom is -0.415 e. The van der Waals surface area contributed by atoms with Gasteiger partial charge in [0.05, 0.1) is 12.6 Å². The van der Waals surface area contributed by atoms with E-state index < -0.39 is 8.32 Å². The Bertz CT molecular complexity index is 486. The van der Waals surface area contributed by atoms with Gasteiger partial charge in [0.1, 0.15) is 0 Å². The summed E-state index contributed by atoms with van der Waals surface area (Å²) in [5, 5.41) is 3.32. The number of carbonyl (C=O) groups excluding carboxylic acids is 1. The summed E-state index contributed by atoms with van der Waals surface area (Å²) in [6.45, 7) is 11.8. The highest BCUT2D eigenvalue weighted by molar-refractivity contribution is 7.98. The number of nitrogens with one attached hydrogen (secondary N) is 1. The van der Waals surface area contributed by atoms with E-state index in [4.69, 9.17) is 4.43 Å². The Morgan fingerprint density at radius 3 is 2.39 bits per heavy atom. The van der Waals surface area contributed by atoms with Crippen LogP contribution in [0.15, 0.2) is 30.3 Å². The minimum atomic E-state index is -1.80. The standard InChI is InChI=1S/C18H31NO2SSi/c1-18(2,3)23(5,6)21-14-16(12-13-22-4)19-17(20)15-10-8-7-9-11-15/h7-11,16H,12-14H2,1-6H3,(H,19,20)/t16-/m0/s1. The third-order valence-electron chi connectivity index (χ3n) is 4.49. The van der Waals surface area contributed by atoms with E-state index in [0.29, 0.717) is 12.2 Å². The molecule has 0 aliphatic carbocycles. The first kappa shape index (κ1) is 20.3. The molecule has 1 aromatic rings. The van der Waals surface area contributed by atoms with E-state index >= 15 is 0 Å². The maximum atomic E-state index is 12.4. The molecule has 5 heteroatoms. The van der Waals surface area contributed by atoms with E-state index in [1.165, 1.54) is 0 Å². The lowest BCUT2D eigenvalue weighted by Gasteiger charge is -2.37. The van der Waals surface area contributed by atoms with Gasteiger partial charge < -0.3 is 9.74 Å². The van der Waals surface area contributed by atoms with Crippen LogP contribution in [-0.2, 0) is 4.43 Å². The molecular formula is C18H31NO2SSi. The number of benzene rings is 1. The molecular weight excluding hydrogens is 322 g/mol. The predicted molar refractivity (Wildman–Crippen MR) is 104 cm³/mol. The summed E-state index contributed by atoms with van der Waals surface area (Å²) in [5.41, 5.74) is 0.703. The lowest BCUT2D eigenvalue weighted by Crippen LogP contribution is -2.46. The van der Waals surface area contributed by atoms with Crippen molar-refractivity contribution in [1.82, 2.24) is 5.32 Å². The molecule has 0 fully saturated rings. The summed E-state index contributed by atoms with van der Waals surface area (Å²) < 4.78 is 6.30. The van der Waals surface area contributed by atoms with Gasteiger partial charge in [-0.05, 0) is 48.7 Å². The molecule has 1 rings (SSSR count). The van der Waals surface area contributed by atoms with Gasteiger partial charge in [0, 0.05) is 5.56 Å². The Kier molecular flexibility index (Phi) is 7.84. The second kappa shape index (κ2) is 8.90. The molecule has 0 heterocycles. The summed E-state index contributed by atoms with van der Waals surface area (Å²) in [6, 6.07) is 9.44. The van der Waals surface area contributed by atoms with E-state index in [2.05, 4.69) is 45.4 Å². The molecule has 0 saturated heterocycles. The van der Waals surface area contributed by atoms with Crippen LogP contribution >= 0.6 is 11.8 Å². The van der Waals surface area contributed by atoms with E-state index in [1.807, 2.05) is 30.3 Å². The zero-order valence-electron chi connectivity index (χ0n) is 15.3. The van der Waals surface area contributed by atoms with Gasteiger partial charge in [0.15, 0.2) is 8.32 Å². The second-order valence-electron chi connectivity index (χ2n) is 7.39. The zero-order chi connectivity index (χ0) is 17.5. The fourth-order valence-corrected chi connectivity index (χ4v) is 3.41. The Morgan fingerprint density at radius 2 is 1.87 bits per heavy atom. The number of rotatable bonds is 8. The molecule has 1 atom stereocenters. The summed E-state index contributed by atoms with van der Waals surface area (Å²) in [5.74, 6) is 0.996. The summed E-state index contributed by atoms with van der Waals surface area (Å²) in [6.07, 6.45) is 3.01. The van der Waals surface area contributed by atoms with Gasteiger partial charge in [-0.1, -0.05) is 39.0 Å². The fourth-order valence-electron chi connectivity index (χ4n) is 1.84. The van der Waals surface area contributed by atoms with Crippen molar-refractivity contribution >= 4 is 26.0 Å². The van der Waals surface area contributed by atoms with Gasteiger partial charge in [-0.15, -0.1) is 0 Å². The number of hydrogen-bond acceptors (Lipinski definition) is 3. The zero-order valence-corrected chi connectivity index (χ0v) is 17.1. The van der Waals surface area contributed by atoms with Crippen molar-refractivity contribution in [3.8, 4) is 0 Å². The molecule has 0 spiro atoms. The van der Waals surface area contributed by atoms with Gasteiger partial charge in [0.2, 0.25) is 0 Å². The molecule has 0 saturated carbocycles. The molecule has 0 aliphatic rings. The van der Waals surface area contributed by atoms with Crippen molar-refractivity contribution in [1.29, 1.82) is 0 Å². The Balaban J connectivity index is 2.67. The van der Waals surface area contributed by atoms with Crippen LogP contribution in [0.5, 0.6) is 0 Å². The SMILES string of the molecule is CSCC[C@@H](CO[Si](C)(C)C(C)(C)C)NC(=O)c1ccccc1. The molecule has 1 aromatic carbocycles. The molecule has 0 aliphatic heterocycles. The van der Waals surface area contributed by atoms with Crippen LogP contribution in [0.1, 0.15) is 37.6 Å². The largest absolute Gasteiger partial charge is 0.415 e. The lowest BCUT2D eigenvalue weighted by molar-refractivity contribution is 0.0917. The van der Waals surface area contributed by atoms with Crippen molar-refractivity contribution in [3.05, 3.63) is 35.9 Å². The summed E-state index contributed by atoms with van der Waals surface area (Å²) >= 11 is 1.80. The van der Waals surface area contributed by atoms with Crippen LogP contribution in [0.25, 0.3) is 0 Å². The topological polar surface area (TPSA) is 38.3 Å². The summed E-state index contributed by atoms with van der Waals surface area (Å²) in [7, 11) is -1.80. The van der Waals surface area contributed by atoms with Crippen LogP contribution in [0.3, 0.4) is 0 Å². The molecule has 0 unspecified atom stereocenters. The van der Waals surface area contributed by atoms with Crippen LogP contribution in [0.2, 0.25) is 18.1 Å². The predicted octanol–water partition coefficient (Wildman–Crippen LogP) is 4.56. The van der Waals surface area contributed by atoms with Crippen LogP contribution in [0.4, 0.5) is 0 Å². The number of hydrogen-bond donors (Lipinski definition) is 1. The lowest BCUT2D eigenvalue weighted by atomic mass is 10.2. The molecule has 3 nitrogen and oxygen atoms in total. The fraction of sp³-hybridized carbons (Fsp3) is 0.611. The van der Waals surface area contributed by atoms with E-state index in [1.54, 1.807) is 11.8 Å². The number of amides is 1. The first-order chi connectivity index (χ1) is 10.7. The molecule has 0 bridgehead atoms. The highest BCUT2D eigenvalue weighted by atomic mass is 32.2. The Hall–Kier alpha value is -0.783. The molecule has 0 aromatic heterocycles. The van der Waals surface area contributed by atoms with E-state index in [0.717, 1.165) is 12.2 Å². The molecule has 1 amide bonds. The van der Waals surface area contributed by atoms with Gasteiger partial charge in [0.25, 0.3) is 5.91 Å². The smallest absolute Gasteiger partial charge is 0.251 e. The van der Waals surface area contributed by atoms with Crippen molar-refractivity contribution in [2.45, 2.75) is 51.4 Å². The van der Waals surface area contributed by atoms with Crippen LogP contribution in [-0.4, -0.2) is 38.9 Å². The molecule has 0 radical (unpaired) electrons. The average molecular weight is 354 g/mol. The highest BCUT2D eigenvalue weighted by Crippen LogP contribution is 2.36. The first-order valence-electron chi connectivity index (χ1n) is 8.16. The quantitative estimate of drug-likeness (QED) is 0.696. The van der Waals surface area contributed by atoms with Crippen molar-refractivity contribution in [2.24, 2.45) is 0 Å². The molecule has 23 heavy (non-hydrogen) atoms. The van der Waals surface area contributed by atoms with Crippen LogP contribution < -0.4 is 5.32 Å². The second-order valence-corrected chi connectivity index (χ2v) is 13.2. The third-order valence-corrected chi connectivity index (χ3v) is 9.64. The monoisotopic (exact) mass is 353 g/mol. The van der Waals surface area contributed by atoms with Gasteiger partial charge in [-0.25, -0.2) is 0 Å². The molecule has 130 valence electrons. The van der Waals surface area contributed by atoms with Gasteiger partial charge in [-0.3, -0.25) is 4.79 Å². The van der Waals surface area contributed by atoms with Crippen molar-refractivity contribution < 1.29 is 9.22 Å². The highest BCUT2D eigenvalue weighted by Gasteiger charge is 2.37. The minimum absolute atomic E-state index is 0.0180. The maximum Gasteiger partial charge on any atom is 0.251 e.